The van der Waals surface area contributed by atoms with Gasteiger partial charge in [0.1, 0.15) is 5.84 Å². The molecule has 0 aliphatic rings. The summed E-state index contributed by atoms with van der Waals surface area (Å²) in [5.41, 5.74) is 7.15. The Morgan fingerprint density at radius 1 is 1.17 bits per heavy atom. The average Bonchev–Trinajstić information content (AvgIpc) is 2.35. The molecule has 3 nitrogen and oxygen atoms in total. The Bertz CT molecular complexity index is 657. The van der Waals surface area contributed by atoms with E-state index in [2.05, 4.69) is 0 Å². The zero-order valence-electron chi connectivity index (χ0n) is 10.1. The van der Waals surface area contributed by atoms with E-state index in [4.69, 9.17) is 11.1 Å². The molecule has 2 rings (SSSR count). The van der Waals surface area contributed by atoms with Crippen LogP contribution in [0.2, 0.25) is 0 Å². The number of amidine groups is 1. The highest BCUT2D eigenvalue weighted by atomic mass is 16.1. The Morgan fingerprint density at radius 2 is 1.83 bits per heavy atom. The number of hydrogen-bond donors (Lipinski definition) is 2. The average molecular weight is 238 g/mol. The van der Waals surface area contributed by atoms with E-state index in [0.29, 0.717) is 0 Å². The number of rotatable bonds is 3. The van der Waals surface area contributed by atoms with Gasteiger partial charge in [-0.25, -0.2) is 0 Å². The second-order valence-electron chi connectivity index (χ2n) is 4.18. The molecule has 0 aliphatic heterocycles. The van der Waals surface area contributed by atoms with E-state index in [0.717, 1.165) is 21.9 Å². The third-order valence-electron chi connectivity index (χ3n) is 2.69. The van der Waals surface area contributed by atoms with Gasteiger partial charge in [-0.1, -0.05) is 30.3 Å². The van der Waals surface area contributed by atoms with Crippen LogP contribution in [0.1, 0.15) is 18.1 Å². The Hall–Kier alpha value is -2.42. The number of nitrogens with one attached hydrogen (secondary N) is 1. The number of nitrogen functional groups attached to an aromatic ring is 1. The van der Waals surface area contributed by atoms with Gasteiger partial charge in [-0.3, -0.25) is 10.2 Å². The smallest absolute Gasteiger partial charge is 0.152 e. The predicted molar refractivity (Wildman–Crippen MR) is 74.7 cm³/mol. The lowest BCUT2D eigenvalue weighted by atomic mass is 10.0. The van der Waals surface area contributed by atoms with Gasteiger partial charge in [0.05, 0.1) is 0 Å². The predicted octanol–water partition coefficient (Wildman–Crippen LogP) is 2.73. The molecule has 0 aliphatic carbocycles. The maximum absolute atomic E-state index is 10.9. The monoisotopic (exact) mass is 238 g/mol. The highest BCUT2D eigenvalue weighted by Gasteiger charge is 1.99. The summed E-state index contributed by atoms with van der Waals surface area (Å²) in [4.78, 5) is 10.9. The standard InChI is InChI=1S/C15H14N2O/c1-10(18)2-3-11-4-5-13-9-14(15(16)17)7-6-12(13)8-11/h2-9H,1H3,(H3,16,17)/b3-2+. The molecule has 0 bridgehead atoms. The molecule has 0 aromatic heterocycles. The summed E-state index contributed by atoms with van der Waals surface area (Å²) in [6.07, 6.45) is 3.34. The van der Waals surface area contributed by atoms with E-state index in [9.17, 15) is 4.79 Å². The first-order chi connectivity index (χ1) is 8.56. The van der Waals surface area contributed by atoms with Crippen LogP contribution < -0.4 is 5.73 Å². The van der Waals surface area contributed by atoms with Gasteiger partial charge in [-0.15, -0.1) is 0 Å². The normalized spacial score (nSPS) is 10.9. The van der Waals surface area contributed by atoms with Crippen molar-refractivity contribution in [1.29, 1.82) is 5.41 Å². The van der Waals surface area contributed by atoms with Crippen LogP contribution in [0.25, 0.3) is 16.8 Å². The minimum atomic E-state index is 0.0297. The maximum atomic E-state index is 10.9. The highest BCUT2D eigenvalue weighted by Crippen LogP contribution is 2.18. The number of benzene rings is 2. The van der Waals surface area contributed by atoms with Gasteiger partial charge >= 0.3 is 0 Å². The lowest BCUT2D eigenvalue weighted by Crippen LogP contribution is -2.10. The lowest BCUT2D eigenvalue weighted by molar-refractivity contribution is -0.112. The third-order valence-corrected chi connectivity index (χ3v) is 2.69. The summed E-state index contributed by atoms with van der Waals surface area (Å²) in [5, 5.41) is 9.49. The molecule has 2 aromatic rings. The molecular formula is C15H14N2O. The molecular weight excluding hydrogens is 224 g/mol. The Labute approximate surface area is 105 Å². The molecule has 0 spiro atoms. The van der Waals surface area contributed by atoms with Gasteiger partial charge in [0, 0.05) is 5.56 Å². The Balaban J connectivity index is 2.44. The van der Waals surface area contributed by atoms with Gasteiger partial charge in [0.25, 0.3) is 0 Å². The van der Waals surface area contributed by atoms with Crippen molar-refractivity contribution in [3.8, 4) is 0 Å². The van der Waals surface area contributed by atoms with Crippen molar-refractivity contribution in [2.75, 3.05) is 0 Å². The SMILES string of the molecule is CC(=O)/C=C/c1ccc2cc(C(=N)N)ccc2c1. The molecule has 3 N–H and O–H groups in total. The van der Waals surface area contributed by atoms with E-state index in [1.54, 1.807) is 12.2 Å². The van der Waals surface area contributed by atoms with Crippen molar-refractivity contribution in [2.24, 2.45) is 5.73 Å². The summed E-state index contributed by atoms with van der Waals surface area (Å²) >= 11 is 0. The van der Waals surface area contributed by atoms with Crippen LogP contribution in [-0.4, -0.2) is 11.6 Å². The van der Waals surface area contributed by atoms with Gasteiger partial charge in [0.15, 0.2) is 5.78 Å². The van der Waals surface area contributed by atoms with Crippen LogP contribution in [-0.2, 0) is 4.79 Å². The van der Waals surface area contributed by atoms with E-state index in [1.165, 1.54) is 6.92 Å². The minimum Gasteiger partial charge on any atom is -0.384 e. The van der Waals surface area contributed by atoms with Crippen molar-refractivity contribution in [3.05, 3.63) is 53.6 Å². The van der Waals surface area contributed by atoms with Gasteiger partial charge < -0.3 is 5.73 Å². The van der Waals surface area contributed by atoms with Gasteiger partial charge in [0.2, 0.25) is 0 Å². The van der Waals surface area contributed by atoms with E-state index >= 15 is 0 Å². The molecule has 0 fully saturated rings. The van der Waals surface area contributed by atoms with Crippen molar-refractivity contribution >= 4 is 28.5 Å². The largest absolute Gasteiger partial charge is 0.384 e. The molecule has 0 heterocycles. The number of nitrogens with two attached hydrogens (primary N) is 1. The van der Waals surface area contributed by atoms with Crippen LogP contribution in [0.4, 0.5) is 0 Å². The summed E-state index contributed by atoms with van der Waals surface area (Å²) in [6.45, 7) is 1.52. The first kappa shape index (κ1) is 12.0. The number of carbonyl (C=O) groups excluding carboxylic acids is 1. The molecule has 0 radical (unpaired) electrons. The number of fused-ring (bicyclic) bond motifs is 1. The number of hydrogen-bond acceptors (Lipinski definition) is 2. The van der Waals surface area contributed by atoms with Crippen molar-refractivity contribution in [3.63, 3.8) is 0 Å². The second kappa shape index (κ2) is 4.84. The van der Waals surface area contributed by atoms with Crippen molar-refractivity contribution < 1.29 is 4.79 Å². The van der Waals surface area contributed by atoms with Crippen LogP contribution in [0.3, 0.4) is 0 Å². The molecule has 0 amide bonds. The Kier molecular flexibility index (Phi) is 3.24. The van der Waals surface area contributed by atoms with E-state index in [1.807, 2.05) is 36.4 Å². The quantitative estimate of drug-likeness (QED) is 0.490. The molecule has 90 valence electrons. The zero-order valence-corrected chi connectivity index (χ0v) is 10.1. The lowest BCUT2D eigenvalue weighted by Gasteiger charge is -2.03. The summed E-state index contributed by atoms with van der Waals surface area (Å²) in [7, 11) is 0. The van der Waals surface area contributed by atoms with E-state index in [-0.39, 0.29) is 11.6 Å². The summed E-state index contributed by atoms with van der Waals surface area (Å²) in [6, 6.07) is 11.5. The fourth-order valence-electron chi connectivity index (χ4n) is 1.75. The number of carbonyl (C=O) groups is 1. The molecule has 0 unspecified atom stereocenters. The summed E-state index contributed by atoms with van der Waals surface area (Å²) in [5.74, 6) is 0.0967. The molecule has 2 aromatic carbocycles. The first-order valence-corrected chi connectivity index (χ1v) is 5.63. The van der Waals surface area contributed by atoms with Gasteiger partial charge in [-0.05, 0) is 41.5 Å². The number of allylic oxidation sites excluding steroid dienone is 1. The molecule has 18 heavy (non-hydrogen) atoms. The zero-order chi connectivity index (χ0) is 13.1. The third kappa shape index (κ3) is 2.63. The van der Waals surface area contributed by atoms with E-state index < -0.39 is 0 Å². The first-order valence-electron chi connectivity index (χ1n) is 5.63. The Morgan fingerprint density at radius 3 is 2.50 bits per heavy atom. The second-order valence-corrected chi connectivity index (χ2v) is 4.18. The number of ketones is 1. The minimum absolute atomic E-state index is 0.0297. The van der Waals surface area contributed by atoms with Crippen LogP contribution in [0, 0.1) is 5.41 Å². The van der Waals surface area contributed by atoms with Crippen molar-refractivity contribution in [2.45, 2.75) is 6.92 Å². The summed E-state index contributed by atoms with van der Waals surface area (Å²) < 4.78 is 0. The molecule has 0 atom stereocenters. The molecule has 0 saturated carbocycles. The van der Waals surface area contributed by atoms with Crippen LogP contribution in [0.5, 0.6) is 0 Å². The topological polar surface area (TPSA) is 66.9 Å². The van der Waals surface area contributed by atoms with Crippen molar-refractivity contribution in [1.82, 2.24) is 0 Å². The fourth-order valence-corrected chi connectivity index (χ4v) is 1.75. The molecule has 0 saturated heterocycles. The highest BCUT2D eigenvalue weighted by molar-refractivity contribution is 5.99. The van der Waals surface area contributed by atoms with Gasteiger partial charge in [-0.2, -0.15) is 0 Å². The fraction of sp³-hybridized carbons (Fsp3) is 0.0667. The van der Waals surface area contributed by atoms with Crippen LogP contribution >= 0.6 is 0 Å². The van der Waals surface area contributed by atoms with Crippen LogP contribution in [0.15, 0.2) is 42.5 Å². The molecule has 3 heteroatoms. The maximum Gasteiger partial charge on any atom is 0.152 e.